The van der Waals surface area contributed by atoms with E-state index < -0.39 is 12.1 Å². The van der Waals surface area contributed by atoms with Gasteiger partial charge in [-0.05, 0) is 102 Å². The van der Waals surface area contributed by atoms with E-state index in [0.717, 1.165) is 88.2 Å². The van der Waals surface area contributed by atoms with Crippen LogP contribution in [-0.2, 0) is 25.6 Å². The van der Waals surface area contributed by atoms with E-state index in [4.69, 9.17) is 19.5 Å². The normalized spacial score (nSPS) is 18.8. The van der Waals surface area contributed by atoms with Crippen molar-refractivity contribution in [2.24, 2.45) is 10.9 Å². The lowest BCUT2D eigenvalue weighted by Crippen LogP contribution is -2.56. The van der Waals surface area contributed by atoms with Crippen molar-refractivity contribution in [1.29, 1.82) is 0 Å². The Labute approximate surface area is 376 Å². The number of alkyl carbamates (subject to hydrolysis) is 1. The highest BCUT2D eigenvalue weighted by atomic mass is 16.5. The number of aromatic nitrogens is 2. The van der Waals surface area contributed by atoms with Gasteiger partial charge in [-0.15, -0.1) is 0 Å². The second-order valence-corrected chi connectivity index (χ2v) is 17.1. The number of methoxy groups -OCH3 is 1. The number of rotatable bonds is 16. The Morgan fingerprint density at radius 3 is 2.27 bits per heavy atom. The van der Waals surface area contributed by atoms with Gasteiger partial charge in [0, 0.05) is 32.8 Å². The number of fused-ring (bicyclic) bond motifs is 1. The largest absolute Gasteiger partial charge is 0.453 e. The third-order valence-corrected chi connectivity index (χ3v) is 13.2. The molecule has 0 bridgehead atoms. The molecule has 4 atom stereocenters. The molecule has 13 nitrogen and oxygen atoms in total. The summed E-state index contributed by atoms with van der Waals surface area (Å²) in [5.74, 6) is 0.780. The van der Waals surface area contributed by atoms with Crippen molar-refractivity contribution in [3.05, 3.63) is 114 Å². The lowest BCUT2D eigenvalue weighted by Gasteiger charge is -2.35. The molecule has 64 heavy (non-hydrogen) atoms. The Hall–Kier alpha value is -5.89. The average molecular weight is 867 g/mol. The Kier molecular flexibility index (Phi) is 14.5. The maximum atomic E-state index is 14.2. The van der Waals surface area contributed by atoms with Gasteiger partial charge in [-0.1, -0.05) is 99.6 Å². The SMILES string of the molecule is CCCN(Cc1ncc(-c2ccc(-c3ccc4cc(C5=NC(C6CCCN6C(=O)C(NC(=O)OC)C6CCOCC6)NC5)ccc4c3)cc2)[nH]1)C(=O)C(c1ccccc1)N(CC)CC. The van der Waals surface area contributed by atoms with Crippen molar-refractivity contribution in [1.82, 2.24) is 35.3 Å². The predicted octanol–water partition coefficient (Wildman–Crippen LogP) is 7.58. The maximum Gasteiger partial charge on any atom is 0.407 e. The zero-order valence-electron chi connectivity index (χ0n) is 37.6. The summed E-state index contributed by atoms with van der Waals surface area (Å²) in [6, 6.07) is 30.5. The minimum atomic E-state index is -0.655. The third kappa shape index (κ3) is 9.91. The van der Waals surface area contributed by atoms with Crippen LogP contribution in [0.15, 0.2) is 102 Å². The molecule has 4 heterocycles. The number of ether oxygens (including phenoxy) is 2. The third-order valence-electron chi connectivity index (χ3n) is 13.2. The van der Waals surface area contributed by atoms with E-state index in [1.165, 1.54) is 7.11 Å². The molecule has 3 amide bonds. The number of likely N-dealkylation sites (N-methyl/N-ethyl adjacent to an activating group) is 1. The van der Waals surface area contributed by atoms with Gasteiger partial charge in [-0.25, -0.2) is 9.78 Å². The van der Waals surface area contributed by atoms with Gasteiger partial charge >= 0.3 is 6.09 Å². The van der Waals surface area contributed by atoms with E-state index in [1.807, 2.05) is 46.3 Å². The summed E-state index contributed by atoms with van der Waals surface area (Å²) in [5.41, 5.74) is 7.22. The Bertz CT molecular complexity index is 2410. The van der Waals surface area contributed by atoms with Crippen LogP contribution in [-0.4, -0.2) is 120 Å². The molecule has 4 unspecified atom stereocenters. The molecule has 5 aromatic rings. The van der Waals surface area contributed by atoms with Crippen LogP contribution in [0.3, 0.4) is 0 Å². The highest BCUT2D eigenvalue weighted by Crippen LogP contribution is 2.31. The van der Waals surface area contributed by atoms with Crippen LogP contribution >= 0.6 is 0 Å². The number of aliphatic imine (C=N–C) groups is 1. The number of imidazole rings is 1. The Morgan fingerprint density at radius 2 is 1.56 bits per heavy atom. The summed E-state index contributed by atoms with van der Waals surface area (Å²) >= 11 is 0. The molecule has 3 aliphatic heterocycles. The number of nitrogens with zero attached hydrogens (tertiary/aromatic N) is 5. The topological polar surface area (TPSA) is 144 Å². The number of likely N-dealkylation sites (tertiary alicyclic amines) is 1. The molecule has 1 aromatic heterocycles. The first kappa shape index (κ1) is 44.7. The molecule has 4 aromatic carbocycles. The summed E-state index contributed by atoms with van der Waals surface area (Å²) in [6.07, 6.45) is 5.05. The van der Waals surface area contributed by atoms with Gasteiger partial charge in [0.1, 0.15) is 24.1 Å². The maximum absolute atomic E-state index is 14.2. The minimum absolute atomic E-state index is 0.00457. The number of amides is 3. The first-order valence-corrected chi connectivity index (χ1v) is 23.1. The quantitative estimate of drug-likeness (QED) is 0.0922. The van der Waals surface area contributed by atoms with Crippen molar-refractivity contribution in [2.75, 3.05) is 53.0 Å². The van der Waals surface area contributed by atoms with Crippen LogP contribution in [0.1, 0.15) is 75.9 Å². The number of aromatic amines is 1. The molecule has 3 aliphatic rings. The molecule has 0 spiro atoms. The fourth-order valence-corrected chi connectivity index (χ4v) is 9.71. The van der Waals surface area contributed by atoms with Gasteiger partial charge in [0.25, 0.3) is 0 Å². The van der Waals surface area contributed by atoms with Crippen molar-refractivity contribution >= 4 is 34.4 Å². The summed E-state index contributed by atoms with van der Waals surface area (Å²) in [7, 11) is 1.32. The highest BCUT2D eigenvalue weighted by molar-refractivity contribution is 6.06. The monoisotopic (exact) mass is 866 g/mol. The van der Waals surface area contributed by atoms with Gasteiger partial charge in [-0.3, -0.25) is 24.8 Å². The molecule has 0 radical (unpaired) electrons. The number of carbonyl (C=O) groups is 3. The van der Waals surface area contributed by atoms with Gasteiger partial charge in [0.2, 0.25) is 11.8 Å². The zero-order valence-corrected chi connectivity index (χ0v) is 37.6. The zero-order chi connectivity index (χ0) is 44.6. The molecule has 8 rings (SSSR count). The van der Waals surface area contributed by atoms with Gasteiger partial charge < -0.3 is 29.6 Å². The van der Waals surface area contributed by atoms with E-state index >= 15 is 0 Å². The molecule has 3 N–H and O–H groups in total. The lowest BCUT2D eigenvalue weighted by atomic mass is 9.90. The number of carbonyl (C=O) groups excluding carboxylic acids is 3. The summed E-state index contributed by atoms with van der Waals surface area (Å²) in [5, 5.41) is 8.69. The second kappa shape index (κ2) is 20.7. The van der Waals surface area contributed by atoms with Crippen LogP contribution in [0, 0.1) is 5.92 Å². The van der Waals surface area contributed by atoms with E-state index in [9.17, 15) is 14.4 Å². The van der Waals surface area contributed by atoms with Crippen molar-refractivity contribution in [2.45, 2.75) is 83.7 Å². The van der Waals surface area contributed by atoms with E-state index in [-0.39, 0.29) is 36.0 Å². The first-order chi connectivity index (χ1) is 31.3. The molecule has 336 valence electrons. The predicted molar refractivity (Wildman–Crippen MR) is 251 cm³/mol. The standard InChI is InChI=1S/C51H62N8O5/c1-5-25-58(50(61)47(57(6-2)7-3)37-12-9-8-10-13-37)33-45-52-31-42(54-45)35-17-15-34(16-18-35)38-19-20-40-30-41(22-21-39(40)29-38)43-32-53-48(55-43)44-14-11-26-59(44)49(60)46(56-51(62)63-4)36-23-27-64-28-24-36/h8-10,12-13,15-22,29-31,36,44,46-48,53H,5-7,11,14,23-28,32-33H2,1-4H3,(H,52,54)(H,56,62). The number of benzene rings is 4. The highest BCUT2D eigenvalue weighted by Gasteiger charge is 2.42. The van der Waals surface area contributed by atoms with Crippen molar-refractivity contribution in [3.8, 4) is 22.4 Å². The molecular formula is C51H62N8O5. The van der Waals surface area contributed by atoms with Gasteiger partial charge in [-0.2, -0.15) is 0 Å². The van der Waals surface area contributed by atoms with Crippen LogP contribution in [0.4, 0.5) is 4.79 Å². The molecular weight excluding hydrogens is 805 g/mol. The lowest BCUT2D eigenvalue weighted by molar-refractivity contribution is -0.138. The van der Waals surface area contributed by atoms with Crippen molar-refractivity contribution in [3.63, 3.8) is 0 Å². The fourth-order valence-electron chi connectivity index (χ4n) is 9.71. The van der Waals surface area contributed by atoms with E-state index in [0.29, 0.717) is 52.2 Å². The van der Waals surface area contributed by atoms with Gasteiger partial charge in [0.05, 0.1) is 37.3 Å². The minimum Gasteiger partial charge on any atom is -0.453 e. The van der Waals surface area contributed by atoms with E-state index in [1.54, 1.807) is 0 Å². The van der Waals surface area contributed by atoms with Gasteiger partial charge in [0.15, 0.2) is 0 Å². The first-order valence-electron chi connectivity index (χ1n) is 23.1. The van der Waals surface area contributed by atoms with E-state index in [2.05, 4.69) is 102 Å². The number of hydrogen-bond donors (Lipinski definition) is 3. The average Bonchev–Trinajstić information content (AvgIpc) is 4.15. The molecule has 2 saturated heterocycles. The number of H-pyrrole nitrogens is 1. The fraction of sp³-hybridized carbons (Fsp3) is 0.431. The number of hydrogen-bond acceptors (Lipinski definition) is 9. The molecule has 2 fully saturated rings. The Balaban J connectivity index is 0.924. The summed E-state index contributed by atoms with van der Waals surface area (Å²) in [6.45, 7) is 11.3. The van der Waals surface area contributed by atoms with Crippen LogP contribution in [0.25, 0.3) is 33.2 Å². The second-order valence-electron chi connectivity index (χ2n) is 17.1. The molecule has 0 aliphatic carbocycles. The van der Waals surface area contributed by atoms with Crippen LogP contribution in [0.2, 0.25) is 0 Å². The molecule has 0 saturated carbocycles. The summed E-state index contributed by atoms with van der Waals surface area (Å²) in [4.78, 5) is 60.0. The molecule has 13 heteroatoms. The van der Waals surface area contributed by atoms with Crippen LogP contribution < -0.4 is 10.6 Å². The Morgan fingerprint density at radius 1 is 0.875 bits per heavy atom. The van der Waals surface area contributed by atoms with Crippen molar-refractivity contribution < 1.29 is 23.9 Å². The number of nitrogens with one attached hydrogen (secondary N) is 3. The van der Waals surface area contributed by atoms with Crippen LogP contribution in [0.5, 0.6) is 0 Å². The smallest absolute Gasteiger partial charge is 0.407 e. The summed E-state index contributed by atoms with van der Waals surface area (Å²) < 4.78 is 10.4.